The second-order valence-electron chi connectivity index (χ2n) is 3.97. The molecule has 1 amide bonds. The van der Waals surface area contributed by atoms with Crippen molar-refractivity contribution >= 4 is 5.91 Å². The van der Waals surface area contributed by atoms with Crippen LogP contribution in [0.1, 0.15) is 25.7 Å². The van der Waals surface area contributed by atoms with Gasteiger partial charge in [0, 0.05) is 33.7 Å². The van der Waals surface area contributed by atoms with Gasteiger partial charge in [-0.15, -0.1) is 0 Å². The van der Waals surface area contributed by atoms with E-state index in [4.69, 9.17) is 15.2 Å². The molecule has 0 aliphatic heterocycles. The number of hydrogen-bond donors (Lipinski definition) is 1. The zero-order valence-electron chi connectivity index (χ0n) is 11.1. The van der Waals surface area contributed by atoms with Crippen LogP contribution in [0.4, 0.5) is 0 Å². The van der Waals surface area contributed by atoms with Crippen molar-refractivity contribution in [1.29, 1.82) is 0 Å². The van der Waals surface area contributed by atoms with Gasteiger partial charge in [-0.1, -0.05) is 6.42 Å². The Kier molecular flexibility index (Phi) is 11.4. The summed E-state index contributed by atoms with van der Waals surface area (Å²) in [4.78, 5) is 13.7. The molecule has 5 heteroatoms. The molecule has 0 unspecified atom stereocenters. The van der Waals surface area contributed by atoms with Gasteiger partial charge in [-0.25, -0.2) is 0 Å². The number of amides is 1. The van der Waals surface area contributed by atoms with Crippen LogP contribution in [0.5, 0.6) is 0 Å². The number of nitrogens with zero attached hydrogens (tertiary/aromatic N) is 1. The van der Waals surface area contributed by atoms with E-state index in [2.05, 4.69) is 0 Å². The molecule has 0 aromatic carbocycles. The zero-order chi connectivity index (χ0) is 12.9. The number of unbranched alkanes of at least 4 members (excludes halogenated alkanes) is 2. The first-order valence-corrected chi connectivity index (χ1v) is 6.22. The van der Waals surface area contributed by atoms with E-state index in [0.29, 0.717) is 39.3 Å². The maximum Gasteiger partial charge on any atom is 0.222 e. The third-order valence-electron chi connectivity index (χ3n) is 2.58. The van der Waals surface area contributed by atoms with Crippen molar-refractivity contribution in [1.82, 2.24) is 4.90 Å². The fraction of sp³-hybridized carbons (Fsp3) is 0.917. The average Bonchev–Trinajstić information content (AvgIpc) is 2.34. The van der Waals surface area contributed by atoms with Crippen molar-refractivity contribution in [2.75, 3.05) is 47.1 Å². The second kappa shape index (κ2) is 11.8. The molecule has 0 rings (SSSR count). The van der Waals surface area contributed by atoms with Crippen LogP contribution in [0.2, 0.25) is 0 Å². The van der Waals surface area contributed by atoms with Crippen molar-refractivity contribution in [3.8, 4) is 0 Å². The number of nitrogens with two attached hydrogens (primary N) is 1. The van der Waals surface area contributed by atoms with E-state index in [9.17, 15) is 4.79 Å². The molecule has 102 valence electrons. The molecule has 0 heterocycles. The highest BCUT2D eigenvalue weighted by Gasteiger charge is 2.12. The van der Waals surface area contributed by atoms with Crippen LogP contribution in [0.15, 0.2) is 0 Å². The lowest BCUT2D eigenvalue weighted by Crippen LogP contribution is -2.36. The second-order valence-corrected chi connectivity index (χ2v) is 3.97. The Morgan fingerprint density at radius 1 is 1.06 bits per heavy atom. The Balaban J connectivity index is 3.85. The lowest BCUT2D eigenvalue weighted by Gasteiger charge is -2.22. The Labute approximate surface area is 104 Å². The molecule has 0 aromatic heterocycles. The van der Waals surface area contributed by atoms with Crippen LogP contribution >= 0.6 is 0 Å². The quantitative estimate of drug-likeness (QED) is 0.543. The van der Waals surface area contributed by atoms with E-state index < -0.39 is 0 Å². The lowest BCUT2D eigenvalue weighted by molar-refractivity contribution is -0.132. The minimum Gasteiger partial charge on any atom is -0.383 e. The maximum absolute atomic E-state index is 11.9. The molecule has 0 bridgehead atoms. The monoisotopic (exact) mass is 246 g/mol. The van der Waals surface area contributed by atoms with Gasteiger partial charge in [-0.2, -0.15) is 0 Å². The van der Waals surface area contributed by atoms with Crippen molar-refractivity contribution < 1.29 is 14.3 Å². The molecule has 0 saturated heterocycles. The first-order valence-electron chi connectivity index (χ1n) is 6.22. The van der Waals surface area contributed by atoms with Crippen molar-refractivity contribution in [2.24, 2.45) is 5.73 Å². The molecular weight excluding hydrogens is 220 g/mol. The predicted molar refractivity (Wildman–Crippen MR) is 67.9 cm³/mol. The molecule has 0 aliphatic carbocycles. The Morgan fingerprint density at radius 3 is 2.12 bits per heavy atom. The fourth-order valence-electron chi connectivity index (χ4n) is 1.52. The highest BCUT2D eigenvalue weighted by molar-refractivity contribution is 5.76. The zero-order valence-corrected chi connectivity index (χ0v) is 11.1. The van der Waals surface area contributed by atoms with Crippen LogP contribution in [-0.2, 0) is 14.3 Å². The molecule has 0 aliphatic rings. The third kappa shape index (κ3) is 9.09. The first kappa shape index (κ1) is 16.4. The number of carbonyl (C=O) groups excluding carboxylic acids is 1. The smallest absolute Gasteiger partial charge is 0.222 e. The minimum atomic E-state index is 0.177. The van der Waals surface area contributed by atoms with Gasteiger partial charge in [0.1, 0.15) is 0 Å². The van der Waals surface area contributed by atoms with Crippen molar-refractivity contribution in [2.45, 2.75) is 25.7 Å². The van der Waals surface area contributed by atoms with E-state index in [1.807, 2.05) is 0 Å². The third-order valence-corrected chi connectivity index (χ3v) is 2.58. The largest absolute Gasteiger partial charge is 0.383 e. The number of carbonyl (C=O) groups is 1. The van der Waals surface area contributed by atoms with Crippen molar-refractivity contribution in [3.63, 3.8) is 0 Å². The summed E-state index contributed by atoms with van der Waals surface area (Å²) in [6.45, 7) is 3.10. The average molecular weight is 246 g/mol. The SMILES string of the molecule is COCCN(CCOC)C(=O)CCCCCN. The van der Waals surface area contributed by atoms with Gasteiger partial charge in [-0.05, 0) is 19.4 Å². The summed E-state index contributed by atoms with van der Waals surface area (Å²) in [5.41, 5.74) is 5.41. The fourth-order valence-corrected chi connectivity index (χ4v) is 1.52. The van der Waals surface area contributed by atoms with E-state index in [1.165, 1.54) is 0 Å². The highest BCUT2D eigenvalue weighted by atomic mass is 16.5. The summed E-state index contributed by atoms with van der Waals surface area (Å²) in [5.74, 6) is 0.177. The summed E-state index contributed by atoms with van der Waals surface area (Å²) in [7, 11) is 3.28. The number of ether oxygens (including phenoxy) is 2. The number of hydrogen-bond acceptors (Lipinski definition) is 4. The molecule has 0 aromatic rings. The number of rotatable bonds is 11. The van der Waals surface area contributed by atoms with Gasteiger partial charge >= 0.3 is 0 Å². The Morgan fingerprint density at radius 2 is 1.65 bits per heavy atom. The summed E-state index contributed by atoms with van der Waals surface area (Å²) >= 11 is 0. The van der Waals surface area contributed by atoms with Crippen LogP contribution in [0.3, 0.4) is 0 Å². The van der Waals surface area contributed by atoms with Gasteiger partial charge in [-0.3, -0.25) is 4.79 Å². The summed E-state index contributed by atoms with van der Waals surface area (Å²) in [5, 5.41) is 0. The molecule has 17 heavy (non-hydrogen) atoms. The normalized spacial score (nSPS) is 10.5. The molecule has 5 nitrogen and oxygen atoms in total. The highest BCUT2D eigenvalue weighted by Crippen LogP contribution is 2.03. The van der Waals surface area contributed by atoms with E-state index in [1.54, 1.807) is 19.1 Å². The standard InChI is InChI=1S/C12H26N2O3/c1-16-10-8-14(9-11-17-2)12(15)6-4-3-5-7-13/h3-11,13H2,1-2H3. The molecular formula is C12H26N2O3. The van der Waals surface area contributed by atoms with Gasteiger partial charge in [0.25, 0.3) is 0 Å². The molecule has 0 fully saturated rings. The summed E-state index contributed by atoms with van der Waals surface area (Å²) < 4.78 is 9.99. The van der Waals surface area contributed by atoms with E-state index >= 15 is 0 Å². The number of methoxy groups -OCH3 is 2. The summed E-state index contributed by atoms with van der Waals surface area (Å²) in [6.07, 6.45) is 3.51. The van der Waals surface area contributed by atoms with Gasteiger partial charge < -0.3 is 20.1 Å². The molecule has 0 spiro atoms. The Hall–Kier alpha value is -0.650. The molecule has 0 radical (unpaired) electrons. The van der Waals surface area contributed by atoms with E-state index in [-0.39, 0.29) is 5.91 Å². The van der Waals surface area contributed by atoms with Gasteiger partial charge in [0.15, 0.2) is 0 Å². The van der Waals surface area contributed by atoms with Crippen LogP contribution in [-0.4, -0.2) is 57.9 Å². The van der Waals surface area contributed by atoms with Gasteiger partial charge in [0.05, 0.1) is 13.2 Å². The van der Waals surface area contributed by atoms with Crippen molar-refractivity contribution in [3.05, 3.63) is 0 Å². The lowest BCUT2D eigenvalue weighted by atomic mass is 10.2. The predicted octanol–water partition coefficient (Wildman–Crippen LogP) is 0.627. The molecule has 0 atom stereocenters. The first-order chi connectivity index (χ1) is 8.26. The van der Waals surface area contributed by atoms with Crippen LogP contribution in [0.25, 0.3) is 0 Å². The topological polar surface area (TPSA) is 64.8 Å². The van der Waals surface area contributed by atoms with E-state index in [0.717, 1.165) is 19.3 Å². The maximum atomic E-state index is 11.9. The van der Waals surface area contributed by atoms with Gasteiger partial charge in [0.2, 0.25) is 5.91 Å². The Bertz CT molecular complexity index is 181. The summed E-state index contributed by atoms with van der Waals surface area (Å²) in [6, 6.07) is 0. The van der Waals surface area contributed by atoms with Crippen LogP contribution in [0, 0.1) is 0 Å². The van der Waals surface area contributed by atoms with Crippen LogP contribution < -0.4 is 5.73 Å². The molecule has 0 saturated carbocycles. The minimum absolute atomic E-state index is 0.177. The molecule has 2 N–H and O–H groups in total.